The molecule has 1 fully saturated rings. The maximum Gasteiger partial charge on any atom is 0.240 e. The summed E-state index contributed by atoms with van der Waals surface area (Å²) in [6.07, 6.45) is 3.12. The normalized spacial score (nSPS) is 18.2. The van der Waals surface area contributed by atoms with Crippen molar-refractivity contribution in [3.63, 3.8) is 0 Å². The SMILES string of the molecule is CCc1nc2ccccc2n1CC(=O)NCC1CCCO1. The molecule has 0 aliphatic carbocycles. The van der Waals surface area contributed by atoms with Gasteiger partial charge in [0.1, 0.15) is 12.4 Å². The Bertz CT molecular complexity index is 629. The van der Waals surface area contributed by atoms with Gasteiger partial charge < -0.3 is 14.6 Å². The number of carbonyl (C=O) groups excluding carboxylic acids is 1. The van der Waals surface area contributed by atoms with E-state index in [1.165, 1.54) is 0 Å². The van der Waals surface area contributed by atoms with Gasteiger partial charge in [0.2, 0.25) is 5.91 Å². The summed E-state index contributed by atoms with van der Waals surface area (Å²) in [5, 5.41) is 2.97. The number of rotatable bonds is 5. The van der Waals surface area contributed by atoms with E-state index in [1.807, 2.05) is 28.8 Å². The van der Waals surface area contributed by atoms with E-state index in [1.54, 1.807) is 0 Å². The largest absolute Gasteiger partial charge is 0.376 e. The van der Waals surface area contributed by atoms with Gasteiger partial charge in [0, 0.05) is 19.6 Å². The fraction of sp³-hybridized carbons (Fsp3) is 0.500. The molecule has 1 unspecified atom stereocenters. The van der Waals surface area contributed by atoms with Crippen molar-refractivity contribution >= 4 is 16.9 Å². The number of imidazole rings is 1. The maximum absolute atomic E-state index is 12.2. The molecule has 1 aromatic heterocycles. The Hall–Kier alpha value is -1.88. The lowest BCUT2D eigenvalue weighted by Gasteiger charge is -2.12. The molecule has 2 heterocycles. The van der Waals surface area contributed by atoms with E-state index in [9.17, 15) is 4.79 Å². The topological polar surface area (TPSA) is 56.2 Å². The number of benzene rings is 1. The first-order valence-electron chi connectivity index (χ1n) is 7.60. The predicted octanol–water partition coefficient (Wildman–Crippen LogP) is 1.89. The molecule has 2 aromatic rings. The Kier molecular flexibility index (Phi) is 4.20. The van der Waals surface area contributed by atoms with Crippen LogP contribution in [0.5, 0.6) is 0 Å². The van der Waals surface area contributed by atoms with E-state index >= 15 is 0 Å². The monoisotopic (exact) mass is 287 g/mol. The van der Waals surface area contributed by atoms with E-state index in [-0.39, 0.29) is 12.0 Å². The Morgan fingerprint density at radius 2 is 2.33 bits per heavy atom. The maximum atomic E-state index is 12.2. The lowest BCUT2D eigenvalue weighted by molar-refractivity contribution is -0.122. The molecule has 112 valence electrons. The van der Waals surface area contributed by atoms with Crippen LogP contribution in [0.15, 0.2) is 24.3 Å². The van der Waals surface area contributed by atoms with E-state index in [4.69, 9.17) is 4.74 Å². The average molecular weight is 287 g/mol. The summed E-state index contributed by atoms with van der Waals surface area (Å²) in [4.78, 5) is 16.7. The van der Waals surface area contributed by atoms with Crippen LogP contribution in [0.25, 0.3) is 11.0 Å². The fourth-order valence-electron chi connectivity index (χ4n) is 2.80. The van der Waals surface area contributed by atoms with Gasteiger partial charge in [-0.2, -0.15) is 0 Å². The summed E-state index contributed by atoms with van der Waals surface area (Å²) in [7, 11) is 0. The van der Waals surface area contributed by atoms with Gasteiger partial charge in [-0.05, 0) is 25.0 Å². The lowest BCUT2D eigenvalue weighted by Crippen LogP contribution is -2.34. The van der Waals surface area contributed by atoms with Crippen LogP contribution in [-0.2, 0) is 22.5 Å². The zero-order chi connectivity index (χ0) is 14.7. The third-order valence-electron chi connectivity index (χ3n) is 3.90. The number of amides is 1. The number of nitrogens with zero attached hydrogens (tertiary/aromatic N) is 2. The Balaban J connectivity index is 1.69. The van der Waals surface area contributed by atoms with Gasteiger partial charge in [-0.3, -0.25) is 4.79 Å². The summed E-state index contributed by atoms with van der Waals surface area (Å²) >= 11 is 0. The molecule has 0 spiro atoms. The molecule has 21 heavy (non-hydrogen) atoms. The number of hydrogen-bond donors (Lipinski definition) is 1. The minimum atomic E-state index is 0.0170. The molecule has 3 rings (SSSR count). The first-order chi connectivity index (χ1) is 10.3. The summed E-state index contributed by atoms with van der Waals surface area (Å²) in [6.45, 7) is 3.79. The molecule has 0 radical (unpaired) electrons. The van der Waals surface area contributed by atoms with E-state index in [0.29, 0.717) is 13.1 Å². The highest BCUT2D eigenvalue weighted by atomic mass is 16.5. The van der Waals surface area contributed by atoms with Crippen LogP contribution in [-0.4, -0.2) is 34.7 Å². The number of nitrogens with one attached hydrogen (secondary N) is 1. The van der Waals surface area contributed by atoms with Crippen LogP contribution in [0.2, 0.25) is 0 Å². The minimum absolute atomic E-state index is 0.0170. The summed E-state index contributed by atoms with van der Waals surface area (Å²) in [5.74, 6) is 0.965. The van der Waals surface area contributed by atoms with Crippen molar-refractivity contribution < 1.29 is 9.53 Å². The van der Waals surface area contributed by atoms with Gasteiger partial charge in [-0.1, -0.05) is 19.1 Å². The summed E-state index contributed by atoms with van der Waals surface area (Å²) in [6, 6.07) is 7.94. The van der Waals surface area contributed by atoms with Gasteiger partial charge in [0.15, 0.2) is 0 Å². The van der Waals surface area contributed by atoms with Crippen molar-refractivity contribution in [1.29, 1.82) is 0 Å². The predicted molar refractivity (Wildman–Crippen MR) is 81.1 cm³/mol. The molecule has 1 saturated heterocycles. The summed E-state index contributed by atoms with van der Waals surface area (Å²) < 4.78 is 7.52. The highest BCUT2D eigenvalue weighted by Gasteiger charge is 2.17. The molecule has 1 amide bonds. The number of aromatic nitrogens is 2. The van der Waals surface area contributed by atoms with Crippen LogP contribution in [0.4, 0.5) is 0 Å². The third-order valence-corrected chi connectivity index (χ3v) is 3.90. The second kappa shape index (κ2) is 6.26. The number of carbonyl (C=O) groups is 1. The molecule has 1 N–H and O–H groups in total. The first kappa shape index (κ1) is 14.1. The first-order valence-corrected chi connectivity index (χ1v) is 7.60. The number of fused-ring (bicyclic) bond motifs is 1. The zero-order valence-electron chi connectivity index (χ0n) is 12.3. The van der Waals surface area contributed by atoms with Crippen molar-refractivity contribution in [2.75, 3.05) is 13.2 Å². The van der Waals surface area contributed by atoms with E-state index in [0.717, 1.165) is 42.7 Å². The van der Waals surface area contributed by atoms with Gasteiger partial charge >= 0.3 is 0 Å². The number of hydrogen-bond acceptors (Lipinski definition) is 3. The van der Waals surface area contributed by atoms with Gasteiger partial charge in [-0.15, -0.1) is 0 Å². The molecular formula is C16H21N3O2. The molecule has 1 aliphatic rings. The fourth-order valence-corrected chi connectivity index (χ4v) is 2.80. The van der Waals surface area contributed by atoms with Crippen LogP contribution in [0.3, 0.4) is 0 Å². The van der Waals surface area contributed by atoms with Gasteiger partial charge in [0.05, 0.1) is 17.1 Å². The van der Waals surface area contributed by atoms with Crippen molar-refractivity contribution in [2.45, 2.75) is 38.8 Å². The molecule has 5 heteroatoms. The highest BCUT2D eigenvalue weighted by molar-refractivity contribution is 5.81. The van der Waals surface area contributed by atoms with E-state index < -0.39 is 0 Å². The number of para-hydroxylation sites is 2. The van der Waals surface area contributed by atoms with E-state index in [2.05, 4.69) is 17.2 Å². The Morgan fingerprint density at radius 3 is 3.10 bits per heavy atom. The second-order valence-corrected chi connectivity index (χ2v) is 5.40. The van der Waals surface area contributed by atoms with Crippen molar-refractivity contribution in [1.82, 2.24) is 14.9 Å². The van der Waals surface area contributed by atoms with Crippen LogP contribution in [0, 0.1) is 0 Å². The smallest absolute Gasteiger partial charge is 0.240 e. The molecule has 0 saturated carbocycles. The molecule has 1 aromatic carbocycles. The summed E-state index contributed by atoms with van der Waals surface area (Å²) in [5.41, 5.74) is 1.96. The number of aryl methyl sites for hydroxylation is 1. The standard InChI is InChI=1S/C16H21N3O2/c1-2-15-18-13-7-3-4-8-14(13)19(15)11-16(20)17-10-12-6-5-9-21-12/h3-4,7-8,12H,2,5-6,9-11H2,1H3,(H,17,20). The van der Waals surface area contributed by atoms with Crippen LogP contribution in [0.1, 0.15) is 25.6 Å². The molecule has 1 aliphatic heterocycles. The van der Waals surface area contributed by atoms with Crippen molar-refractivity contribution in [3.05, 3.63) is 30.1 Å². The molecular weight excluding hydrogens is 266 g/mol. The minimum Gasteiger partial charge on any atom is -0.376 e. The average Bonchev–Trinajstić information content (AvgIpc) is 3.13. The lowest BCUT2D eigenvalue weighted by atomic mass is 10.2. The Morgan fingerprint density at radius 1 is 1.48 bits per heavy atom. The van der Waals surface area contributed by atoms with Crippen molar-refractivity contribution in [3.8, 4) is 0 Å². The third kappa shape index (κ3) is 3.08. The van der Waals surface area contributed by atoms with Crippen LogP contribution >= 0.6 is 0 Å². The Labute approximate surface area is 124 Å². The van der Waals surface area contributed by atoms with Crippen LogP contribution < -0.4 is 5.32 Å². The molecule has 1 atom stereocenters. The van der Waals surface area contributed by atoms with Gasteiger partial charge in [0.25, 0.3) is 0 Å². The van der Waals surface area contributed by atoms with Gasteiger partial charge in [-0.25, -0.2) is 4.98 Å². The number of ether oxygens (including phenoxy) is 1. The quantitative estimate of drug-likeness (QED) is 0.913. The van der Waals surface area contributed by atoms with Crippen molar-refractivity contribution in [2.24, 2.45) is 0 Å². The second-order valence-electron chi connectivity index (χ2n) is 5.40. The molecule has 0 bridgehead atoms. The highest BCUT2D eigenvalue weighted by Crippen LogP contribution is 2.16. The zero-order valence-corrected chi connectivity index (χ0v) is 12.3. The molecule has 5 nitrogen and oxygen atoms in total.